The lowest BCUT2D eigenvalue weighted by atomic mass is 10.0. The monoisotopic (exact) mass is 249 g/mol. The van der Waals surface area contributed by atoms with Crippen LogP contribution >= 0.6 is 0 Å². The van der Waals surface area contributed by atoms with Crippen LogP contribution in [-0.2, 0) is 4.74 Å². The molecule has 2 N–H and O–H groups in total. The topological polar surface area (TPSA) is 67.3 Å². The first-order chi connectivity index (χ1) is 8.81. The van der Waals surface area contributed by atoms with E-state index in [-0.39, 0.29) is 12.0 Å². The van der Waals surface area contributed by atoms with E-state index in [4.69, 9.17) is 4.74 Å². The average Bonchev–Trinajstić information content (AvgIpc) is 2.99. The van der Waals surface area contributed by atoms with E-state index < -0.39 is 0 Å². The highest BCUT2D eigenvalue weighted by atomic mass is 16.5. The number of nitrogens with zero attached hydrogens (tertiary/aromatic N) is 2. The Morgan fingerprint density at radius 2 is 2.33 bits per heavy atom. The van der Waals surface area contributed by atoms with Crippen LogP contribution in [0.1, 0.15) is 30.9 Å². The molecule has 0 radical (unpaired) electrons. The SMILES string of the molecule is OCC1(CNc2cc([C@@H]3CCOC3)ncn2)CC1. The molecule has 1 aromatic heterocycles. The lowest BCUT2D eigenvalue weighted by Gasteiger charge is -2.14. The minimum atomic E-state index is 0.0988. The quantitative estimate of drug-likeness (QED) is 0.819. The van der Waals surface area contributed by atoms with Gasteiger partial charge in [0.1, 0.15) is 12.1 Å². The summed E-state index contributed by atoms with van der Waals surface area (Å²) in [6.07, 6.45) is 4.85. The van der Waals surface area contributed by atoms with Gasteiger partial charge in [-0.2, -0.15) is 0 Å². The van der Waals surface area contributed by atoms with Crippen molar-refractivity contribution >= 4 is 5.82 Å². The third kappa shape index (κ3) is 2.47. The van der Waals surface area contributed by atoms with E-state index in [1.807, 2.05) is 6.07 Å². The van der Waals surface area contributed by atoms with Crippen LogP contribution < -0.4 is 5.32 Å². The fourth-order valence-electron chi connectivity index (χ4n) is 2.31. The molecule has 2 aliphatic rings. The molecule has 1 saturated carbocycles. The summed E-state index contributed by atoms with van der Waals surface area (Å²) in [6.45, 7) is 2.64. The number of nitrogens with one attached hydrogen (secondary N) is 1. The van der Waals surface area contributed by atoms with E-state index in [9.17, 15) is 5.11 Å². The molecule has 18 heavy (non-hydrogen) atoms. The van der Waals surface area contributed by atoms with E-state index in [1.54, 1.807) is 6.33 Å². The summed E-state index contributed by atoms with van der Waals surface area (Å²) in [5, 5.41) is 12.6. The van der Waals surface area contributed by atoms with Gasteiger partial charge in [0.05, 0.1) is 18.9 Å². The van der Waals surface area contributed by atoms with Crippen molar-refractivity contribution in [2.45, 2.75) is 25.2 Å². The maximum atomic E-state index is 9.27. The van der Waals surface area contributed by atoms with E-state index in [0.29, 0.717) is 5.92 Å². The van der Waals surface area contributed by atoms with Crippen molar-refractivity contribution in [2.24, 2.45) is 5.41 Å². The number of hydrogen-bond acceptors (Lipinski definition) is 5. The number of hydrogen-bond donors (Lipinski definition) is 2. The highest BCUT2D eigenvalue weighted by Crippen LogP contribution is 2.44. The van der Waals surface area contributed by atoms with Crippen LogP contribution in [0.2, 0.25) is 0 Å². The molecule has 1 aliphatic heterocycles. The molecular weight excluding hydrogens is 230 g/mol. The molecule has 1 atom stereocenters. The minimum absolute atomic E-state index is 0.0988. The summed E-state index contributed by atoms with van der Waals surface area (Å²) in [5.74, 6) is 1.26. The summed E-state index contributed by atoms with van der Waals surface area (Å²) in [5.41, 5.74) is 1.15. The summed E-state index contributed by atoms with van der Waals surface area (Å²) in [6, 6.07) is 2.01. The Balaban J connectivity index is 1.63. The maximum Gasteiger partial charge on any atom is 0.129 e. The Kier molecular flexibility index (Phi) is 3.18. The zero-order chi connectivity index (χ0) is 12.4. The van der Waals surface area contributed by atoms with Gasteiger partial charge >= 0.3 is 0 Å². The Hall–Kier alpha value is -1.20. The van der Waals surface area contributed by atoms with Gasteiger partial charge in [0.25, 0.3) is 0 Å². The second kappa shape index (κ2) is 4.82. The van der Waals surface area contributed by atoms with Crippen LogP contribution in [0.5, 0.6) is 0 Å². The molecule has 5 heteroatoms. The first-order valence-corrected chi connectivity index (χ1v) is 6.56. The average molecular weight is 249 g/mol. The third-order valence-electron chi connectivity index (χ3n) is 3.97. The van der Waals surface area contributed by atoms with Crippen LogP contribution in [0.15, 0.2) is 12.4 Å². The highest BCUT2D eigenvalue weighted by molar-refractivity contribution is 5.36. The van der Waals surface area contributed by atoms with Gasteiger partial charge < -0.3 is 15.2 Å². The smallest absolute Gasteiger partial charge is 0.129 e. The highest BCUT2D eigenvalue weighted by Gasteiger charge is 2.41. The molecule has 1 aliphatic carbocycles. The van der Waals surface area contributed by atoms with Crippen molar-refractivity contribution in [3.05, 3.63) is 18.1 Å². The van der Waals surface area contributed by atoms with Gasteiger partial charge in [0, 0.05) is 30.6 Å². The van der Waals surface area contributed by atoms with Gasteiger partial charge in [0.2, 0.25) is 0 Å². The predicted octanol–water partition coefficient (Wildman–Crippen LogP) is 1.16. The number of aromatic nitrogens is 2. The molecule has 0 bridgehead atoms. The van der Waals surface area contributed by atoms with Crippen molar-refractivity contribution in [3.8, 4) is 0 Å². The zero-order valence-electron chi connectivity index (χ0n) is 10.4. The van der Waals surface area contributed by atoms with Gasteiger partial charge in [0.15, 0.2) is 0 Å². The molecule has 5 nitrogen and oxygen atoms in total. The molecule has 0 unspecified atom stereocenters. The van der Waals surface area contributed by atoms with Crippen LogP contribution in [0, 0.1) is 5.41 Å². The molecular formula is C13H19N3O2. The first-order valence-electron chi connectivity index (χ1n) is 6.56. The van der Waals surface area contributed by atoms with E-state index in [2.05, 4.69) is 15.3 Å². The lowest BCUT2D eigenvalue weighted by Crippen LogP contribution is -2.19. The van der Waals surface area contributed by atoms with Crippen molar-refractivity contribution < 1.29 is 9.84 Å². The van der Waals surface area contributed by atoms with Crippen molar-refractivity contribution in [1.82, 2.24) is 9.97 Å². The Morgan fingerprint density at radius 1 is 1.44 bits per heavy atom. The predicted molar refractivity (Wildman–Crippen MR) is 67.5 cm³/mol. The van der Waals surface area contributed by atoms with Gasteiger partial charge in [-0.3, -0.25) is 0 Å². The van der Waals surface area contributed by atoms with Crippen molar-refractivity contribution in [1.29, 1.82) is 0 Å². The molecule has 0 amide bonds. The van der Waals surface area contributed by atoms with Crippen LogP contribution in [0.25, 0.3) is 0 Å². The van der Waals surface area contributed by atoms with Crippen LogP contribution in [0.3, 0.4) is 0 Å². The molecule has 2 heterocycles. The maximum absolute atomic E-state index is 9.27. The van der Waals surface area contributed by atoms with E-state index >= 15 is 0 Å². The van der Waals surface area contributed by atoms with Gasteiger partial charge in [-0.05, 0) is 19.3 Å². The normalized spacial score (nSPS) is 25.1. The molecule has 1 saturated heterocycles. The molecule has 0 spiro atoms. The largest absolute Gasteiger partial charge is 0.396 e. The Labute approximate surface area is 107 Å². The Bertz CT molecular complexity index is 414. The zero-order valence-corrected chi connectivity index (χ0v) is 10.4. The number of anilines is 1. The molecule has 0 aromatic carbocycles. The number of rotatable bonds is 5. The van der Waals surface area contributed by atoms with Gasteiger partial charge in [-0.15, -0.1) is 0 Å². The first kappa shape index (κ1) is 11.9. The summed E-state index contributed by atoms with van der Waals surface area (Å²) < 4.78 is 5.38. The fourth-order valence-corrected chi connectivity index (χ4v) is 2.31. The molecule has 1 aromatic rings. The number of ether oxygens (including phenoxy) is 1. The Morgan fingerprint density at radius 3 is 3.00 bits per heavy atom. The van der Waals surface area contributed by atoms with Crippen LogP contribution in [0.4, 0.5) is 5.82 Å². The second-order valence-corrected chi connectivity index (χ2v) is 5.40. The third-order valence-corrected chi connectivity index (χ3v) is 3.97. The molecule has 3 rings (SSSR count). The summed E-state index contributed by atoms with van der Waals surface area (Å²) in [4.78, 5) is 8.55. The molecule has 98 valence electrons. The summed E-state index contributed by atoms with van der Waals surface area (Å²) >= 11 is 0. The standard InChI is InChI=1S/C13H19N3O2/c17-8-13(2-3-13)7-14-12-5-11(15-9-16-12)10-1-4-18-6-10/h5,9-10,17H,1-4,6-8H2,(H,14,15,16)/t10-/m1/s1. The summed E-state index contributed by atoms with van der Waals surface area (Å²) in [7, 11) is 0. The fraction of sp³-hybridized carbons (Fsp3) is 0.692. The van der Waals surface area contributed by atoms with E-state index in [1.165, 1.54) is 0 Å². The minimum Gasteiger partial charge on any atom is -0.396 e. The molecule has 2 fully saturated rings. The van der Waals surface area contributed by atoms with Gasteiger partial charge in [-0.1, -0.05) is 0 Å². The number of aliphatic hydroxyl groups is 1. The van der Waals surface area contributed by atoms with Crippen molar-refractivity contribution in [2.75, 3.05) is 31.7 Å². The van der Waals surface area contributed by atoms with Crippen molar-refractivity contribution in [3.63, 3.8) is 0 Å². The number of aliphatic hydroxyl groups excluding tert-OH is 1. The van der Waals surface area contributed by atoms with E-state index in [0.717, 1.165) is 50.5 Å². The van der Waals surface area contributed by atoms with Gasteiger partial charge in [-0.25, -0.2) is 9.97 Å². The lowest BCUT2D eigenvalue weighted by molar-refractivity contribution is 0.193. The second-order valence-electron chi connectivity index (χ2n) is 5.40. The van der Waals surface area contributed by atoms with Crippen LogP contribution in [-0.4, -0.2) is 41.4 Å².